The van der Waals surface area contributed by atoms with Crippen LogP contribution in [0.5, 0.6) is 0 Å². The first-order valence-corrected chi connectivity index (χ1v) is 13.0. The van der Waals surface area contributed by atoms with Gasteiger partial charge in [-0.25, -0.2) is 19.6 Å². The van der Waals surface area contributed by atoms with Gasteiger partial charge in [-0.3, -0.25) is 28.7 Å². The average molecular weight is 583 g/mol. The van der Waals surface area contributed by atoms with Crippen molar-refractivity contribution in [3.63, 3.8) is 0 Å². The summed E-state index contributed by atoms with van der Waals surface area (Å²) in [6, 6.07) is 0. The summed E-state index contributed by atoms with van der Waals surface area (Å²) in [6.45, 7) is 5.75. The molecule has 37 heavy (non-hydrogen) atoms. The van der Waals surface area contributed by atoms with Crippen molar-refractivity contribution in [3.8, 4) is 0 Å². The van der Waals surface area contributed by atoms with E-state index in [9.17, 15) is 19.2 Å². The normalized spacial score (nSPS) is 11.2. The number of fused-ring (bicyclic) bond motifs is 2. The molecule has 4 aromatic heterocycles. The second-order valence-electron chi connectivity index (χ2n) is 8.00. The number of rotatable bonds is 11. The third-order valence-corrected chi connectivity index (χ3v) is 6.06. The highest BCUT2D eigenvalue weighted by molar-refractivity contribution is 9.09. The number of imidazole rings is 2. The molecular weight excluding hydrogens is 552 g/mol. The van der Waals surface area contributed by atoms with Crippen LogP contribution in [0.3, 0.4) is 0 Å². The van der Waals surface area contributed by atoms with Gasteiger partial charge in [-0.05, 0) is 26.7 Å². The van der Waals surface area contributed by atoms with E-state index in [4.69, 9.17) is 9.47 Å². The lowest BCUT2D eigenvalue weighted by Crippen LogP contribution is -2.39. The third-order valence-electron chi connectivity index (χ3n) is 5.50. The summed E-state index contributed by atoms with van der Waals surface area (Å²) in [7, 11) is 1.64. The van der Waals surface area contributed by atoms with Crippen LogP contribution in [0.25, 0.3) is 22.3 Å². The van der Waals surface area contributed by atoms with Gasteiger partial charge in [0.15, 0.2) is 22.3 Å². The fraction of sp³-hybridized carbons (Fsp3) is 0.545. The smallest absolute Gasteiger partial charge is 0.332 e. The van der Waals surface area contributed by atoms with E-state index in [0.29, 0.717) is 36.4 Å². The Labute approximate surface area is 219 Å². The molecule has 0 aromatic carbocycles. The van der Waals surface area contributed by atoms with E-state index in [1.54, 1.807) is 11.6 Å². The molecule has 4 rings (SSSR count). The number of hydrogen-bond acceptors (Lipinski definition) is 8. The molecule has 202 valence electrons. The van der Waals surface area contributed by atoms with Crippen LogP contribution in [0.2, 0.25) is 0 Å². The molecule has 15 heteroatoms. The van der Waals surface area contributed by atoms with Crippen LogP contribution < -0.4 is 22.5 Å². The highest BCUT2D eigenvalue weighted by Crippen LogP contribution is 2.07. The van der Waals surface area contributed by atoms with Crippen molar-refractivity contribution >= 4 is 38.3 Å². The van der Waals surface area contributed by atoms with Crippen molar-refractivity contribution in [2.45, 2.75) is 53.1 Å². The maximum absolute atomic E-state index is 12.6. The van der Waals surface area contributed by atoms with Crippen LogP contribution in [-0.2, 0) is 36.5 Å². The van der Waals surface area contributed by atoms with Gasteiger partial charge in [0.1, 0.15) is 13.5 Å². The molecule has 2 N–H and O–H groups in total. The molecule has 4 heterocycles. The van der Waals surface area contributed by atoms with Gasteiger partial charge in [0.25, 0.3) is 11.1 Å². The van der Waals surface area contributed by atoms with E-state index in [2.05, 4.69) is 35.9 Å². The average Bonchev–Trinajstić information content (AvgIpc) is 3.49. The van der Waals surface area contributed by atoms with Crippen LogP contribution in [0.4, 0.5) is 0 Å². The summed E-state index contributed by atoms with van der Waals surface area (Å²) in [5.41, 5.74) is -0.263. The zero-order chi connectivity index (χ0) is 26.9. The SMILES string of the molecule is CCOCn1cnc2[nH]c(=O)[nH]c(=O)c21.CCOCn1cnc2c1c(=O)n(CCCCCBr)c(=O)n2C. The monoisotopic (exact) mass is 582 g/mol. The molecule has 0 spiro atoms. The summed E-state index contributed by atoms with van der Waals surface area (Å²) in [5, 5.41) is 0.931. The van der Waals surface area contributed by atoms with Gasteiger partial charge in [0.2, 0.25) is 0 Å². The van der Waals surface area contributed by atoms with Crippen LogP contribution in [-0.4, -0.2) is 56.7 Å². The molecule has 0 saturated heterocycles. The van der Waals surface area contributed by atoms with Gasteiger partial charge in [0.05, 0.1) is 12.7 Å². The molecule has 0 bridgehead atoms. The molecule has 0 aliphatic carbocycles. The van der Waals surface area contributed by atoms with Crippen LogP contribution in [0, 0.1) is 0 Å². The lowest BCUT2D eigenvalue weighted by Gasteiger charge is -2.09. The van der Waals surface area contributed by atoms with Crippen LogP contribution in [0.1, 0.15) is 33.1 Å². The van der Waals surface area contributed by atoms with Gasteiger partial charge in [-0.15, -0.1) is 0 Å². The number of H-pyrrole nitrogens is 2. The maximum atomic E-state index is 12.6. The van der Waals surface area contributed by atoms with Crippen molar-refractivity contribution in [1.82, 2.24) is 38.2 Å². The van der Waals surface area contributed by atoms with Crippen molar-refractivity contribution in [3.05, 3.63) is 54.3 Å². The van der Waals surface area contributed by atoms with Gasteiger partial charge in [-0.1, -0.05) is 22.4 Å². The molecule has 4 aromatic rings. The van der Waals surface area contributed by atoms with Crippen molar-refractivity contribution in [2.75, 3.05) is 18.5 Å². The summed E-state index contributed by atoms with van der Waals surface area (Å²) in [5.74, 6) is 0. The number of hydrogen-bond donors (Lipinski definition) is 2. The Kier molecular flexibility index (Phi) is 10.2. The molecule has 14 nitrogen and oxygen atoms in total. The standard InChI is InChI=1S/C14H21BrN4O3.C8H10N4O3/c1-3-22-10-18-9-16-12-11(18)13(20)19(14(21)17(12)2)8-6-4-5-7-15;1-2-15-4-12-3-9-6-5(12)7(13)11-8(14)10-6/h9H,3-8,10H2,1-2H3;3H,2,4H2,1H3,(H2,10,11,13,14). The summed E-state index contributed by atoms with van der Waals surface area (Å²) < 4.78 is 16.4. The Morgan fingerprint density at radius 1 is 0.892 bits per heavy atom. The lowest BCUT2D eigenvalue weighted by atomic mass is 10.2. The Morgan fingerprint density at radius 2 is 1.54 bits per heavy atom. The number of unbranched alkanes of at least 4 members (excludes halogenated alkanes) is 2. The number of aryl methyl sites for hydroxylation is 1. The molecule has 0 amide bonds. The largest absolute Gasteiger partial charge is 0.361 e. The highest BCUT2D eigenvalue weighted by atomic mass is 79.9. The number of nitrogens with one attached hydrogen (secondary N) is 2. The minimum Gasteiger partial charge on any atom is -0.361 e. The summed E-state index contributed by atoms with van der Waals surface area (Å²) in [6.07, 6.45) is 5.78. The Bertz CT molecular complexity index is 1560. The van der Waals surface area contributed by atoms with Gasteiger partial charge in [-0.2, -0.15) is 0 Å². The predicted molar refractivity (Wildman–Crippen MR) is 141 cm³/mol. The minimum atomic E-state index is -0.561. The summed E-state index contributed by atoms with van der Waals surface area (Å²) >= 11 is 3.38. The first kappa shape index (κ1) is 28.3. The van der Waals surface area contributed by atoms with Gasteiger partial charge < -0.3 is 18.6 Å². The first-order valence-electron chi connectivity index (χ1n) is 11.9. The van der Waals surface area contributed by atoms with Gasteiger partial charge >= 0.3 is 11.4 Å². The number of halogens is 1. The van der Waals surface area contributed by atoms with Crippen molar-refractivity contribution in [2.24, 2.45) is 7.05 Å². The second kappa shape index (κ2) is 13.3. The Balaban J connectivity index is 0.000000220. The maximum Gasteiger partial charge on any atom is 0.332 e. The molecule has 0 atom stereocenters. The minimum absolute atomic E-state index is 0.238. The lowest BCUT2D eigenvalue weighted by molar-refractivity contribution is 0.0902. The number of nitrogens with zero attached hydrogens (tertiary/aromatic N) is 6. The quantitative estimate of drug-likeness (QED) is 0.194. The fourth-order valence-electron chi connectivity index (χ4n) is 3.65. The molecular formula is C22H31BrN8O6. The summed E-state index contributed by atoms with van der Waals surface area (Å²) in [4.78, 5) is 60.0. The fourth-order valence-corrected chi connectivity index (χ4v) is 4.04. The van der Waals surface area contributed by atoms with E-state index in [1.165, 1.54) is 26.4 Å². The molecule has 0 aliphatic heterocycles. The first-order chi connectivity index (χ1) is 17.8. The van der Waals surface area contributed by atoms with E-state index in [-0.39, 0.29) is 30.4 Å². The molecule has 0 aliphatic rings. The van der Waals surface area contributed by atoms with Crippen LogP contribution >= 0.6 is 15.9 Å². The second-order valence-corrected chi connectivity index (χ2v) is 8.79. The molecule has 0 fully saturated rings. The number of aromatic amines is 2. The topological polar surface area (TPSA) is 164 Å². The van der Waals surface area contributed by atoms with E-state index >= 15 is 0 Å². The zero-order valence-corrected chi connectivity index (χ0v) is 22.6. The number of ether oxygens (including phenoxy) is 2. The van der Waals surface area contributed by atoms with Gasteiger partial charge in [0, 0.05) is 32.1 Å². The molecule has 0 saturated carbocycles. The zero-order valence-electron chi connectivity index (χ0n) is 21.0. The van der Waals surface area contributed by atoms with E-state index < -0.39 is 11.2 Å². The van der Waals surface area contributed by atoms with Crippen molar-refractivity contribution < 1.29 is 9.47 Å². The van der Waals surface area contributed by atoms with E-state index in [1.807, 2.05) is 13.8 Å². The number of alkyl halides is 1. The van der Waals surface area contributed by atoms with E-state index in [0.717, 1.165) is 24.6 Å². The van der Waals surface area contributed by atoms with Crippen LogP contribution in [0.15, 0.2) is 31.8 Å². The van der Waals surface area contributed by atoms with Crippen molar-refractivity contribution in [1.29, 1.82) is 0 Å². The molecule has 0 radical (unpaired) electrons. The Morgan fingerprint density at radius 3 is 2.19 bits per heavy atom. The highest BCUT2D eigenvalue weighted by Gasteiger charge is 2.16. The Hall–Kier alpha value is -3.30. The number of aromatic nitrogens is 8. The predicted octanol–water partition coefficient (Wildman–Crippen LogP) is 0.863. The third kappa shape index (κ3) is 6.53. The molecule has 0 unspecified atom stereocenters.